The molecule has 0 aromatic heterocycles. The highest BCUT2D eigenvalue weighted by molar-refractivity contribution is 5.90. The van der Waals surface area contributed by atoms with Crippen molar-refractivity contribution in [3.05, 3.63) is 34.4 Å². The summed E-state index contributed by atoms with van der Waals surface area (Å²) in [6.07, 6.45) is 3.34. The van der Waals surface area contributed by atoms with Gasteiger partial charge in [0.25, 0.3) is 0 Å². The Morgan fingerprint density at radius 2 is 2.07 bits per heavy atom. The van der Waals surface area contributed by atoms with Crippen LogP contribution in [0.25, 0.3) is 0 Å². The van der Waals surface area contributed by atoms with Gasteiger partial charge in [0.15, 0.2) is 6.29 Å². The van der Waals surface area contributed by atoms with Crippen LogP contribution in [-0.4, -0.2) is 21.3 Å². The summed E-state index contributed by atoms with van der Waals surface area (Å²) in [4.78, 5) is 10.8. The fourth-order valence-corrected chi connectivity index (χ4v) is 1.40. The van der Waals surface area contributed by atoms with Crippen LogP contribution < -0.4 is 0 Å². The summed E-state index contributed by atoms with van der Waals surface area (Å²) in [6.45, 7) is 1.55. The molecule has 15 heavy (non-hydrogen) atoms. The first kappa shape index (κ1) is 11.2. The predicted molar refractivity (Wildman–Crippen MR) is 53.3 cm³/mol. The van der Waals surface area contributed by atoms with E-state index in [4.69, 9.17) is 21.7 Å². The maximum absolute atomic E-state index is 10.8. The summed E-state index contributed by atoms with van der Waals surface area (Å²) in [7, 11) is 0. The standard InChI is InChI=1S/C11H10O4/c1-3-7-4-5-8(10(12)13)9(6(7)2)11(14)15/h1,4-5,11,14-15H,2H3,(H,12,13). The maximum Gasteiger partial charge on any atom is 0.336 e. The zero-order valence-corrected chi connectivity index (χ0v) is 8.06. The molecule has 0 atom stereocenters. The average molecular weight is 206 g/mol. The Morgan fingerprint density at radius 3 is 2.47 bits per heavy atom. The minimum atomic E-state index is -1.84. The minimum absolute atomic E-state index is 0.0575. The van der Waals surface area contributed by atoms with E-state index < -0.39 is 12.3 Å². The number of terminal acetylenes is 1. The van der Waals surface area contributed by atoms with Crippen LogP contribution in [0.3, 0.4) is 0 Å². The van der Waals surface area contributed by atoms with Crippen molar-refractivity contribution in [3.8, 4) is 12.3 Å². The number of carboxylic acid groups (broad SMARTS) is 1. The Bertz CT molecular complexity index is 441. The molecule has 0 aliphatic rings. The molecule has 0 heterocycles. The third kappa shape index (κ3) is 1.99. The largest absolute Gasteiger partial charge is 0.478 e. The van der Waals surface area contributed by atoms with Gasteiger partial charge < -0.3 is 15.3 Å². The number of carboxylic acids is 1. The smallest absolute Gasteiger partial charge is 0.336 e. The summed E-state index contributed by atoms with van der Waals surface area (Å²) >= 11 is 0. The molecule has 1 rings (SSSR count). The number of hydrogen-bond donors (Lipinski definition) is 3. The van der Waals surface area contributed by atoms with Crippen molar-refractivity contribution < 1.29 is 20.1 Å². The molecule has 1 aromatic rings. The molecule has 0 bridgehead atoms. The third-order valence-electron chi connectivity index (χ3n) is 2.16. The van der Waals surface area contributed by atoms with E-state index in [1.54, 1.807) is 6.92 Å². The first-order valence-corrected chi connectivity index (χ1v) is 4.18. The third-order valence-corrected chi connectivity index (χ3v) is 2.16. The fraction of sp³-hybridized carbons (Fsp3) is 0.182. The van der Waals surface area contributed by atoms with Crippen molar-refractivity contribution in [2.24, 2.45) is 0 Å². The van der Waals surface area contributed by atoms with Crippen LogP contribution in [0, 0.1) is 19.3 Å². The number of aliphatic hydroxyl groups is 2. The lowest BCUT2D eigenvalue weighted by Crippen LogP contribution is -2.10. The zero-order valence-electron chi connectivity index (χ0n) is 8.06. The van der Waals surface area contributed by atoms with Crippen LogP contribution in [0.1, 0.15) is 33.3 Å². The molecule has 0 radical (unpaired) electrons. The van der Waals surface area contributed by atoms with Gasteiger partial charge in [0, 0.05) is 11.1 Å². The molecule has 0 aliphatic carbocycles. The van der Waals surface area contributed by atoms with E-state index in [0.717, 1.165) is 0 Å². The summed E-state index contributed by atoms with van der Waals surface area (Å²) in [5.41, 5.74) is 0.634. The molecule has 4 nitrogen and oxygen atoms in total. The molecule has 78 valence electrons. The normalized spacial score (nSPS) is 10.1. The number of benzene rings is 1. The molecular formula is C11H10O4. The van der Waals surface area contributed by atoms with Crippen LogP contribution >= 0.6 is 0 Å². The molecule has 1 aromatic carbocycles. The second-order valence-electron chi connectivity index (χ2n) is 3.02. The van der Waals surface area contributed by atoms with E-state index in [1.165, 1.54) is 12.1 Å². The van der Waals surface area contributed by atoms with Gasteiger partial charge in [-0.2, -0.15) is 0 Å². The van der Waals surface area contributed by atoms with Crippen LogP contribution in [0.5, 0.6) is 0 Å². The topological polar surface area (TPSA) is 77.8 Å². The molecule has 0 fully saturated rings. The number of rotatable bonds is 2. The zero-order chi connectivity index (χ0) is 11.6. The average Bonchev–Trinajstić information content (AvgIpc) is 2.16. The van der Waals surface area contributed by atoms with Crippen LogP contribution in [-0.2, 0) is 0 Å². The van der Waals surface area contributed by atoms with Gasteiger partial charge in [-0.05, 0) is 24.6 Å². The second kappa shape index (κ2) is 4.13. The van der Waals surface area contributed by atoms with Gasteiger partial charge in [-0.3, -0.25) is 0 Å². The lowest BCUT2D eigenvalue weighted by molar-refractivity contribution is -0.0437. The van der Waals surface area contributed by atoms with E-state index in [2.05, 4.69) is 5.92 Å². The Labute approximate surface area is 86.8 Å². The van der Waals surface area contributed by atoms with Gasteiger partial charge in [-0.15, -0.1) is 6.42 Å². The minimum Gasteiger partial charge on any atom is -0.478 e. The number of carbonyl (C=O) groups is 1. The summed E-state index contributed by atoms with van der Waals surface area (Å²) < 4.78 is 0. The van der Waals surface area contributed by atoms with E-state index in [1.807, 2.05) is 0 Å². The highest BCUT2D eigenvalue weighted by Crippen LogP contribution is 2.23. The molecule has 0 saturated heterocycles. The summed E-state index contributed by atoms with van der Waals surface area (Å²) in [5.74, 6) is 1.12. The SMILES string of the molecule is C#Cc1ccc(C(=O)O)c(C(O)O)c1C. The Hall–Kier alpha value is -1.83. The molecule has 0 aliphatic heterocycles. The molecule has 4 heteroatoms. The molecular weight excluding hydrogens is 196 g/mol. The van der Waals surface area contributed by atoms with Crippen molar-refractivity contribution in [1.29, 1.82) is 0 Å². The molecule has 0 amide bonds. The van der Waals surface area contributed by atoms with Gasteiger partial charge in [-0.25, -0.2) is 4.79 Å². The molecule has 0 unspecified atom stereocenters. The number of aromatic carboxylic acids is 1. The van der Waals surface area contributed by atoms with E-state index in [0.29, 0.717) is 11.1 Å². The molecule has 0 spiro atoms. The van der Waals surface area contributed by atoms with Crippen LogP contribution in [0.4, 0.5) is 0 Å². The first-order valence-electron chi connectivity index (χ1n) is 4.18. The first-order chi connectivity index (χ1) is 6.99. The van der Waals surface area contributed by atoms with Crippen LogP contribution in [0.15, 0.2) is 12.1 Å². The number of hydrogen-bond acceptors (Lipinski definition) is 3. The molecule has 0 saturated carbocycles. The Balaban J connectivity index is 3.53. The highest BCUT2D eigenvalue weighted by Gasteiger charge is 2.19. The second-order valence-corrected chi connectivity index (χ2v) is 3.02. The predicted octanol–water partition coefficient (Wildman–Crippen LogP) is 0.658. The quantitative estimate of drug-likeness (QED) is 0.490. The van der Waals surface area contributed by atoms with Gasteiger partial charge in [0.05, 0.1) is 5.56 Å². The molecule has 3 N–H and O–H groups in total. The lowest BCUT2D eigenvalue weighted by atomic mass is 9.97. The summed E-state index contributed by atoms with van der Waals surface area (Å²) in [5, 5.41) is 27.0. The van der Waals surface area contributed by atoms with E-state index in [-0.39, 0.29) is 11.1 Å². The monoisotopic (exact) mass is 206 g/mol. The number of aliphatic hydroxyl groups excluding tert-OH is 1. The summed E-state index contributed by atoms with van der Waals surface area (Å²) in [6, 6.07) is 2.73. The van der Waals surface area contributed by atoms with Crippen LogP contribution in [0.2, 0.25) is 0 Å². The highest BCUT2D eigenvalue weighted by atomic mass is 16.5. The van der Waals surface area contributed by atoms with Crippen molar-refractivity contribution in [2.75, 3.05) is 0 Å². The van der Waals surface area contributed by atoms with Crippen molar-refractivity contribution >= 4 is 5.97 Å². The van der Waals surface area contributed by atoms with E-state index >= 15 is 0 Å². The van der Waals surface area contributed by atoms with E-state index in [9.17, 15) is 4.79 Å². The van der Waals surface area contributed by atoms with Gasteiger partial charge in [0.2, 0.25) is 0 Å². The van der Waals surface area contributed by atoms with Gasteiger partial charge in [0.1, 0.15) is 0 Å². The Morgan fingerprint density at radius 1 is 1.47 bits per heavy atom. The Kier molecular flexibility index (Phi) is 3.10. The maximum atomic E-state index is 10.8. The van der Waals surface area contributed by atoms with Gasteiger partial charge in [-0.1, -0.05) is 5.92 Å². The van der Waals surface area contributed by atoms with Crippen molar-refractivity contribution in [1.82, 2.24) is 0 Å². The van der Waals surface area contributed by atoms with Crippen molar-refractivity contribution in [3.63, 3.8) is 0 Å². The fourth-order valence-electron chi connectivity index (χ4n) is 1.40. The van der Waals surface area contributed by atoms with Crippen molar-refractivity contribution in [2.45, 2.75) is 13.2 Å². The lowest BCUT2D eigenvalue weighted by Gasteiger charge is -2.12. The van der Waals surface area contributed by atoms with Gasteiger partial charge >= 0.3 is 5.97 Å².